The fourth-order valence-corrected chi connectivity index (χ4v) is 1.23. The van der Waals surface area contributed by atoms with E-state index in [1.165, 1.54) is 0 Å². The molecule has 1 rings (SSSR count). The molecule has 0 saturated carbocycles. The van der Waals surface area contributed by atoms with E-state index in [-0.39, 0.29) is 12.1 Å². The molecule has 0 spiro atoms. The summed E-state index contributed by atoms with van der Waals surface area (Å²) in [5.74, 6) is -0.0851. The summed E-state index contributed by atoms with van der Waals surface area (Å²) in [5, 5.41) is 3.06. The molecule has 3 heteroatoms. The van der Waals surface area contributed by atoms with Gasteiger partial charge in [0.1, 0.15) is 6.10 Å². The normalized spacial score (nSPS) is 33.6. The highest BCUT2D eigenvalue weighted by Gasteiger charge is 2.23. The summed E-state index contributed by atoms with van der Waals surface area (Å²) in [5.41, 5.74) is 0. The average Bonchev–Trinajstić information content (AvgIpc) is 1.85. The van der Waals surface area contributed by atoms with Gasteiger partial charge in [0, 0.05) is 6.04 Å². The molecule has 1 aliphatic rings. The molecule has 1 N–H and O–H groups in total. The molecular weight excluding hydrogens is 130 g/mol. The van der Waals surface area contributed by atoms with Crippen molar-refractivity contribution in [2.45, 2.75) is 31.9 Å². The van der Waals surface area contributed by atoms with Crippen LogP contribution >= 0.6 is 0 Å². The second kappa shape index (κ2) is 3.01. The van der Waals surface area contributed by atoms with Gasteiger partial charge in [0.2, 0.25) is 0 Å². The number of nitrogens with one attached hydrogen (secondary N) is 1. The van der Waals surface area contributed by atoms with Gasteiger partial charge in [-0.1, -0.05) is 0 Å². The lowest BCUT2D eigenvalue weighted by atomic mass is 10.0. The molecule has 1 aliphatic heterocycles. The molecular formula is C7H13NO2. The largest absolute Gasteiger partial charge is 0.463 e. The minimum atomic E-state index is -0.0851. The van der Waals surface area contributed by atoms with Crippen LogP contribution in [0.4, 0.5) is 0 Å². The van der Waals surface area contributed by atoms with Crippen molar-refractivity contribution in [1.82, 2.24) is 5.32 Å². The molecule has 10 heavy (non-hydrogen) atoms. The van der Waals surface area contributed by atoms with Crippen molar-refractivity contribution in [3.8, 4) is 0 Å². The number of esters is 1. The second-order valence-corrected chi connectivity index (χ2v) is 2.73. The van der Waals surface area contributed by atoms with E-state index < -0.39 is 0 Å². The van der Waals surface area contributed by atoms with Gasteiger partial charge in [-0.25, -0.2) is 0 Å². The van der Waals surface area contributed by atoms with Gasteiger partial charge in [0.25, 0.3) is 0 Å². The summed E-state index contributed by atoms with van der Waals surface area (Å²) < 4.78 is 4.94. The molecule has 0 radical (unpaired) electrons. The molecule has 0 bridgehead atoms. The third kappa shape index (κ3) is 1.70. The van der Waals surface area contributed by atoms with Crippen LogP contribution in [0.5, 0.6) is 0 Å². The van der Waals surface area contributed by atoms with Gasteiger partial charge in [0.05, 0.1) is 6.42 Å². The predicted octanol–water partition coefficient (Wildman–Crippen LogP) is 0.300. The molecule has 0 aliphatic carbocycles. The van der Waals surface area contributed by atoms with Crippen molar-refractivity contribution in [3.63, 3.8) is 0 Å². The summed E-state index contributed by atoms with van der Waals surface area (Å²) in [4.78, 5) is 10.8. The highest BCUT2D eigenvalue weighted by atomic mass is 16.5. The second-order valence-electron chi connectivity index (χ2n) is 2.73. The lowest BCUT2D eigenvalue weighted by Gasteiger charge is -2.25. The van der Waals surface area contributed by atoms with Crippen molar-refractivity contribution in [3.05, 3.63) is 0 Å². The maximum absolute atomic E-state index is 10.8. The number of rotatable bonds is 1. The highest BCUT2D eigenvalue weighted by molar-refractivity contribution is 5.71. The van der Waals surface area contributed by atoms with Crippen LogP contribution in [-0.2, 0) is 9.53 Å². The molecule has 1 fully saturated rings. The Labute approximate surface area is 60.7 Å². The zero-order valence-electron chi connectivity index (χ0n) is 6.39. The molecule has 3 nitrogen and oxygen atoms in total. The molecule has 58 valence electrons. The summed E-state index contributed by atoms with van der Waals surface area (Å²) in [6.07, 6.45) is 1.53. The average molecular weight is 143 g/mol. The Morgan fingerprint density at radius 2 is 2.40 bits per heavy atom. The van der Waals surface area contributed by atoms with Crippen LogP contribution in [0.15, 0.2) is 0 Å². The Morgan fingerprint density at radius 3 is 2.90 bits per heavy atom. The van der Waals surface area contributed by atoms with Crippen LogP contribution in [-0.4, -0.2) is 25.2 Å². The first-order valence-electron chi connectivity index (χ1n) is 3.59. The Kier molecular flexibility index (Phi) is 2.27. The molecule has 2 atom stereocenters. The summed E-state index contributed by atoms with van der Waals surface area (Å²) >= 11 is 0. The zero-order chi connectivity index (χ0) is 7.56. The van der Waals surface area contributed by atoms with Crippen LogP contribution in [0.2, 0.25) is 0 Å². The van der Waals surface area contributed by atoms with E-state index in [9.17, 15) is 4.79 Å². The van der Waals surface area contributed by atoms with E-state index in [0.717, 1.165) is 6.42 Å². The van der Waals surface area contributed by atoms with Crippen molar-refractivity contribution in [1.29, 1.82) is 0 Å². The first-order valence-corrected chi connectivity index (χ1v) is 3.59. The minimum absolute atomic E-state index is 0.0821. The van der Waals surface area contributed by atoms with Crippen LogP contribution in [0.1, 0.15) is 19.8 Å². The smallest absolute Gasteiger partial charge is 0.307 e. The fraction of sp³-hybridized carbons (Fsp3) is 0.857. The standard InChI is InChI=1S/C7H13NO2/c1-5-3-6(8-2)4-7(9)10-5/h5-6,8H,3-4H2,1-2H3. The van der Waals surface area contributed by atoms with Gasteiger partial charge >= 0.3 is 5.97 Å². The number of cyclic esters (lactones) is 1. The van der Waals surface area contributed by atoms with Gasteiger partial charge in [-0.3, -0.25) is 4.79 Å². The molecule has 1 saturated heterocycles. The van der Waals surface area contributed by atoms with E-state index in [1.54, 1.807) is 0 Å². The van der Waals surface area contributed by atoms with Crippen molar-refractivity contribution >= 4 is 5.97 Å². The van der Waals surface area contributed by atoms with E-state index >= 15 is 0 Å². The number of carbonyl (C=O) groups excluding carboxylic acids is 1. The van der Waals surface area contributed by atoms with Gasteiger partial charge < -0.3 is 10.1 Å². The number of hydrogen-bond donors (Lipinski definition) is 1. The molecule has 2 unspecified atom stereocenters. The maximum Gasteiger partial charge on any atom is 0.307 e. The fourth-order valence-electron chi connectivity index (χ4n) is 1.23. The van der Waals surface area contributed by atoms with Gasteiger partial charge in [-0.05, 0) is 20.4 Å². The third-order valence-corrected chi connectivity index (χ3v) is 1.77. The molecule has 0 aromatic heterocycles. The van der Waals surface area contributed by atoms with Gasteiger partial charge in [-0.2, -0.15) is 0 Å². The summed E-state index contributed by atoms with van der Waals surface area (Å²) in [6, 6.07) is 0.316. The minimum Gasteiger partial charge on any atom is -0.463 e. The number of carbonyl (C=O) groups is 1. The first kappa shape index (κ1) is 7.54. The Morgan fingerprint density at radius 1 is 1.70 bits per heavy atom. The van der Waals surface area contributed by atoms with Gasteiger partial charge in [-0.15, -0.1) is 0 Å². The third-order valence-electron chi connectivity index (χ3n) is 1.77. The number of ether oxygens (including phenoxy) is 1. The van der Waals surface area contributed by atoms with Crippen LogP contribution in [0.3, 0.4) is 0 Å². The van der Waals surface area contributed by atoms with E-state index in [1.807, 2.05) is 14.0 Å². The SMILES string of the molecule is CNC1CC(=O)OC(C)C1. The lowest BCUT2D eigenvalue weighted by Crippen LogP contribution is -2.38. The van der Waals surface area contributed by atoms with Gasteiger partial charge in [0.15, 0.2) is 0 Å². The first-order chi connectivity index (χ1) is 4.72. The van der Waals surface area contributed by atoms with E-state index in [0.29, 0.717) is 12.5 Å². The monoisotopic (exact) mass is 143 g/mol. The summed E-state index contributed by atoms with van der Waals surface area (Å²) in [6.45, 7) is 1.92. The summed E-state index contributed by atoms with van der Waals surface area (Å²) in [7, 11) is 1.87. The highest BCUT2D eigenvalue weighted by Crippen LogP contribution is 2.13. The lowest BCUT2D eigenvalue weighted by molar-refractivity contribution is -0.153. The Bertz CT molecular complexity index is 136. The zero-order valence-corrected chi connectivity index (χ0v) is 6.39. The van der Waals surface area contributed by atoms with E-state index in [2.05, 4.69) is 5.32 Å². The van der Waals surface area contributed by atoms with Crippen LogP contribution in [0.25, 0.3) is 0 Å². The molecule has 0 amide bonds. The quantitative estimate of drug-likeness (QED) is 0.536. The Hall–Kier alpha value is -0.570. The Balaban J connectivity index is 2.42. The number of hydrogen-bond acceptors (Lipinski definition) is 3. The van der Waals surface area contributed by atoms with Crippen LogP contribution < -0.4 is 5.32 Å². The van der Waals surface area contributed by atoms with E-state index in [4.69, 9.17) is 4.74 Å². The van der Waals surface area contributed by atoms with Crippen molar-refractivity contribution < 1.29 is 9.53 Å². The molecule has 0 aromatic carbocycles. The topological polar surface area (TPSA) is 38.3 Å². The molecule has 1 heterocycles. The van der Waals surface area contributed by atoms with Crippen molar-refractivity contribution in [2.75, 3.05) is 7.05 Å². The van der Waals surface area contributed by atoms with Crippen molar-refractivity contribution in [2.24, 2.45) is 0 Å². The maximum atomic E-state index is 10.8. The molecule has 0 aromatic rings. The van der Waals surface area contributed by atoms with Crippen LogP contribution in [0, 0.1) is 0 Å². The predicted molar refractivity (Wildman–Crippen MR) is 37.6 cm³/mol.